The van der Waals surface area contributed by atoms with Crippen LogP contribution in [0.1, 0.15) is 52.1 Å². The van der Waals surface area contributed by atoms with Crippen LogP contribution in [-0.4, -0.2) is 38.8 Å². The summed E-state index contributed by atoms with van der Waals surface area (Å²) in [6, 6.07) is 0.329. The first kappa shape index (κ1) is 17.0. The van der Waals surface area contributed by atoms with Gasteiger partial charge in [0.05, 0.1) is 18.0 Å². The van der Waals surface area contributed by atoms with E-state index in [1.54, 1.807) is 0 Å². The Morgan fingerprint density at radius 1 is 1.42 bits per heavy atom. The van der Waals surface area contributed by atoms with E-state index in [1.807, 2.05) is 17.6 Å². The van der Waals surface area contributed by atoms with Gasteiger partial charge in [0.2, 0.25) is 0 Å². The van der Waals surface area contributed by atoms with Gasteiger partial charge in [0.25, 0.3) is 0 Å². The summed E-state index contributed by atoms with van der Waals surface area (Å²) in [5.41, 5.74) is 8.00. The van der Waals surface area contributed by atoms with Gasteiger partial charge in [0.15, 0.2) is 11.5 Å². The summed E-state index contributed by atoms with van der Waals surface area (Å²) in [6.45, 7) is 8.61. The number of rotatable bonds is 6. The number of anilines is 1. The van der Waals surface area contributed by atoms with Crippen LogP contribution in [0.25, 0.3) is 5.65 Å². The molecule has 0 saturated carbocycles. The number of imidazole rings is 1. The van der Waals surface area contributed by atoms with Gasteiger partial charge in [-0.1, -0.05) is 20.3 Å². The monoisotopic (exact) mass is 332 g/mol. The van der Waals surface area contributed by atoms with Crippen LogP contribution in [0.4, 0.5) is 5.82 Å². The lowest BCUT2D eigenvalue weighted by Crippen LogP contribution is -2.36. The molecule has 0 aromatic carbocycles. The van der Waals surface area contributed by atoms with Gasteiger partial charge in [-0.25, -0.2) is 9.50 Å². The molecule has 24 heavy (non-hydrogen) atoms. The Bertz CT molecular complexity index is 692. The molecule has 7 nitrogen and oxygen atoms in total. The molecule has 1 unspecified atom stereocenters. The highest BCUT2D eigenvalue weighted by Crippen LogP contribution is 2.32. The number of fused-ring (bicyclic) bond motifs is 1. The van der Waals surface area contributed by atoms with Crippen molar-refractivity contribution in [3.8, 4) is 6.01 Å². The number of hydrogen-bond acceptors (Lipinski definition) is 6. The molecule has 1 aliphatic rings. The zero-order chi connectivity index (χ0) is 17.2. The predicted octanol–water partition coefficient (Wildman–Crippen LogP) is 2.21. The molecule has 0 spiro atoms. The lowest BCUT2D eigenvalue weighted by molar-refractivity contribution is 0.188. The Kier molecular flexibility index (Phi) is 4.89. The average Bonchev–Trinajstić information content (AvgIpc) is 2.91. The molecule has 2 aromatic heterocycles. The SMILES string of the molecule is CCCC(C)Oc1nc(N)c2ncc(CC3(C)CCNCC3)n2n1. The summed E-state index contributed by atoms with van der Waals surface area (Å²) in [4.78, 5) is 8.67. The molecular weight excluding hydrogens is 304 g/mol. The maximum atomic E-state index is 6.06. The van der Waals surface area contributed by atoms with Crippen molar-refractivity contribution >= 4 is 11.5 Å². The third-order valence-electron chi connectivity index (χ3n) is 4.86. The second-order valence-corrected chi connectivity index (χ2v) is 7.22. The van der Waals surface area contributed by atoms with Crippen molar-refractivity contribution < 1.29 is 4.74 Å². The minimum atomic E-state index is 0.0701. The zero-order valence-electron chi connectivity index (χ0n) is 14.9. The molecule has 3 N–H and O–H groups in total. The topological polar surface area (TPSA) is 90.4 Å². The Morgan fingerprint density at radius 2 is 2.17 bits per heavy atom. The van der Waals surface area contributed by atoms with Crippen LogP contribution in [0, 0.1) is 5.41 Å². The van der Waals surface area contributed by atoms with E-state index in [0.29, 0.717) is 17.5 Å². The molecule has 0 bridgehead atoms. The van der Waals surface area contributed by atoms with Crippen molar-refractivity contribution in [1.29, 1.82) is 0 Å². The minimum Gasteiger partial charge on any atom is -0.459 e. The number of nitrogens with zero attached hydrogens (tertiary/aromatic N) is 4. The molecule has 1 fully saturated rings. The third kappa shape index (κ3) is 3.61. The van der Waals surface area contributed by atoms with Gasteiger partial charge in [0, 0.05) is 0 Å². The smallest absolute Gasteiger partial charge is 0.336 e. The predicted molar refractivity (Wildman–Crippen MR) is 94.1 cm³/mol. The van der Waals surface area contributed by atoms with Crippen LogP contribution in [0.2, 0.25) is 0 Å². The van der Waals surface area contributed by atoms with Gasteiger partial charge >= 0.3 is 6.01 Å². The Balaban J connectivity index is 1.87. The van der Waals surface area contributed by atoms with E-state index in [1.165, 1.54) is 0 Å². The number of nitrogens with one attached hydrogen (secondary N) is 1. The number of hydrogen-bond donors (Lipinski definition) is 2. The fraction of sp³-hybridized carbons (Fsp3) is 0.706. The van der Waals surface area contributed by atoms with Crippen LogP contribution in [0.5, 0.6) is 6.01 Å². The first-order valence-corrected chi connectivity index (χ1v) is 8.88. The van der Waals surface area contributed by atoms with Crippen molar-refractivity contribution in [2.24, 2.45) is 5.41 Å². The molecule has 0 amide bonds. The Hall–Kier alpha value is -1.89. The van der Waals surface area contributed by atoms with Gasteiger partial charge in [-0.05, 0) is 51.1 Å². The van der Waals surface area contributed by atoms with E-state index in [4.69, 9.17) is 10.5 Å². The number of nitrogens with two attached hydrogens (primary N) is 1. The molecular formula is C17H28N6O. The summed E-state index contributed by atoms with van der Waals surface area (Å²) in [7, 11) is 0. The fourth-order valence-corrected chi connectivity index (χ4v) is 3.39. The number of ether oxygens (including phenoxy) is 1. The largest absolute Gasteiger partial charge is 0.459 e. The molecule has 1 aliphatic heterocycles. The Morgan fingerprint density at radius 3 is 2.88 bits per heavy atom. The zero-order valence-corrected chi connectivity index (χ0v) is 14.9. The van der Waals surface area contributed by atoms with Gasteiger partial charge in [0.1, 0.15) is 0 Å². The lowest BCUT2D eigenvalue weighted by Gasteiger charge is -2.33. The maximum absolute atomic E-state index is 6.06. The summed E-state index contributed by atoms with van der Waals surface area (Å²) in [5, 5.41) is 7.96. The summed E-state index contributed by atoms with van der Waals surface area (Å²) < 4.78 is 7.63. The normalized spacial score (nSPS) is 18.6. The summed E-state index contributed by atoms with van der Waals surface area (Å²) in [6.07, 6.45) is 7.18. The van der Waals surface area contributed by atoms with Crippen molar-refractivity contribution in [1.82, 2.24) is 24.9 Å². The van der Waals surface area contributed by atoms with E-state index in [2.05, 4.69) is 34.2 Å². The number of nitrogen functional groups attached to an aromatic ring is 1. The highest BCUT2D eigenvalue weighted by Gasteiger charge is 2.28. The van der Waals surface area contributed by atoms with Crippen LogP contribution in [0.3, 0.4) is 0 Å². The lowest BCUT2D eigenvalue weighted by atomic mass is 9.77. The van der Waals surface area contributed by atoms with Crippen molar-refractivity contribution in [3.63, 3.8) is 0 Å². The van der Waals surface area contributed by atoms with E-state index < -0.39 is 0 Å². The second-order valence-electron chi connectivity index (χ2n) is 7.22. The van der Waals surface area contributed by atoms with Gasteiger partial charge < -0.3 is 15.8 Å². The molecule has 7 heteroatoms. The van der Waals surface area contributed by atoms with E-state index in [9.17, 15) is 0 Å². The van der Waals surface area contributed by atoms with E-state index in [0.717, 1.165) is 50.9 Å². The van der Waals surface area contributed by atoms with Gasteiger partial charge in [-0.2, -0.15) is 4.98 Å². The molecule has 1 saturated heterocycles. The Labute approximate surface area is 143 Å². The summed E-state index contributed by atoms with van der Waals surface area (Å²) >= 11 is 0. The average molecular weight is 332 g/mol. The molecule has 2 aromatic rings. The molecule has 0 aliphatic carbocycles. The summed E-state index contributed by atoms with van der Waals surface area (Å²) in [5.74, 6) is 0.366. The molecule has 3 rings (SSSR count). The van der Waals surface area contributed by atoms with Crippen LogP contribution >= 0.6 is 0 Å². The van der Waals surface area contributed by atoms with Crippen molar-refractivity contribution in [2.75, 3.05) is 18.8 Å². The standard InChI is InChI=1S/C17H28N6O/c1-4-5-12(2)24-16-21-14(18)15-20-11-13(23(15)22-16)10-17(3)6-8-19-9-7-17/h11-12,19H,4-10H2,1-3H3,(H2,18,21,22). The number of piperidine rings is 1. The molecule has 3 heterocycles. The third-order valence-corrected chi connectivity index (χ3v) is 4.86. The van der Waals surface area contributed by atoms with Crippen molar-refractivity contribution in [3.05, 3.63) is 11.9 Å². The number of aromatic nitrogens is 4. The second kappa shape index (κ2) is 6.93. The van der Waals surface area contributed by atoms with Crippen LogP contribution < -0.4 is 15.8 Å². The quantitative estimate of drug-likeness (QED) is 0.843. The minimum absolute atomic E-state index is 0.0701. The fourth-order valence-electron chi connectivity index (χ4n) is 3.39. The van der Waals surface area contributed by atoms with E-state index in [-0.39, 0.29) is 11.5 Å². The highest BCUT2D eigenvalue weighted by molar-refractivity contribution is 5.59. The first-order chi connectivity index (χ1) is 11.5. The van der Waals surface area contributed by atoms with Gasteiger partial charge in [-0.3, -0.25) is 0 Å². The highest BCUT2D eigenvalue weighted by atomic mass is 16.5. The molecule has 132 valence electrons. The van der Waals surface area contributed by atoms with Crippen LogP contribution in [0.15, 0.2) is 6.20 Å². The van der Waals surface area contributed by atoms with Crippen LogP contribution in [-0.2, 0) is 6.42 Å². The van der Waals surface area contributed by atoms with Crippen molar-refractivity contribution in [2.45, 2.75) is 59.0 Å². The molecule has 0 radical (unpaired) electrons. The maximum Gasteiger partial charge on any atom is 0.336 e. The van der Waals surface area contributed by atoms with Gasteiger partial charge in [-0.15, -0.1) is 5.10 Å². The van der Waals surface area contributed by atoms with E-state index >= 15 is 0 Å². The first-order valence-electron chi connectivity index (χ1n) is 8.88. The molecule has 1 atom stereocenters.